The molecule has 1 aliphatic heterocycles. The molecule has 0 spiro atoms. The van der Waals surface area contributed by atoms with Gasteiger partial charge >= 0.3 is 0 Å². The van der Waals surface area contributed by atoms with Crippen molar-refractivity contribution in [1.82, 2.24) is 4.90 Å². The van der Waals surface area contributed by atoms with E-state index in [9.17, 15) is 4.79 Å². The molecule has 112 valence electrons. The van der Waals surface area contributed by atoms with Gasteiger partial charge < -0.3 is 10.6 Å². The molecule has 1 unspecified atom stereocenters. The zero-order valence-electron chi connectivity index (χ0n) is 12.4. The summed E-state index contributed by atoms with van der Waals surface area (Å²) < 4.78 is 0. The van der Waals surface area contributed by atoms with Gasteiger partial charge in [-0.2, -0.15) is 11.3 Å². The Kier molecular flexibility index (Phi) is 10.7. The molecule has 2 N–H and O–H groups in total. The van der Waals surface area contributed by atoms with Crippen molar-refractivity contribution in [3.8, 4) is 6.57 Å². The Bertz CT molecular complexity index is 370. The van der Waals surface area contributed by atoms with Gasteiger partial charge in [0, 0.05) is 32.1 Å². The standard InChI is InChI=1S/C12H18N2OS.C2H6.CHN/c13-11(7-10-3-6-16-9-10)8-12(15)14-4-1-2-5-14;2*1-2/h3,6,9,11H,1-2,4-5,7-8,13H2;1-2H3;1H. The van der Waals surface area contributed by atoms with Crippen LogP contribution in [0, 0.1) is 11.8 Å². The van der Waals surface area contributed by atoms with Gasteiger partial charge in [0.15, 0.2) is 0 Å². The van der Waals surface area contributed by atoms with Crippen LogP contribution in [0.2, 0.25) is 0 Å². The summed E-state index contributed by atoms with van der Waals surface area (Å²) >= 11 is 1.67. The van der Waals surface area contributed by atoms with Crippen LogP contribution >= 0.6 is 11.3 Å². The van der Waals surface area contributed by atoms with Crippen LogP contribution in [0.25, 0.3) is 0 Å². The summed E-state index contributed by atoms with van der Waals surface area (Å²) in [7, 11) is 0. The Morgan fingerprint density at radius 1 is 1.45 bits per heavy atom. The number of thiophene rings is 1. The fourth-order valence-corrected chi connectivity index (χ4v) is 2.79. The zero-order chi connectivity index (χ0) is 15.4. The normalized spacial score (nSPS) is 14.6. The second-order valence-corrected chi connectivity index (χ2v) is 5.17. The quantitative estimate of drug-likeness (QED) is 0.928. The SMILES string of the molecule is C#N.CC.NC(CC(=O)N1CCCC1)Cc1ccsc1. The lowest BCUT2D eigenvalue weighted by Gasteiger charge is -2.18. The maximum absolute atomic E-state index is 11.8. The van der Waals surface area contributed by atoms with Crippen molar-refractivity contribution in [2.24, 2.45) is 5.73 Å². The lowest BCUT2D eigenvalue weighted by molar-refractivity contribution is -0.130. The molecule has 20 heavy (non-hydrogen) atoms. The van der Waals surface area contributed by atoms with Crippen LogP contribution in [0.3, 0.4) is 0 Å². The average Bonchev–Trinajstić information content (AvgIpc) is 3.16. The van der Waals surface area contributed by atoms with Crippen molar-refractivity contribution in [1.29, 1.82) is 5.26 Å². The molecule has 1 aliphatic rings. The number of nitriles is 1. The third-order valence-corrected chi connectivity index (χ3v) is 3.71. The minimum Gasteiger partial charge on any atom is -0.343 e. The first-order valence-electron chi connectivity index (χ1n) is 7.06. The second kappa shape index (κ2) is 11.4. The molecule has 1 saturated heterocycles. The fourth-order valence-electron chi connectivity index (χ4n) is 2.10. The molecule has 2 heterocycles. The summed E-state index contributed by atoms with van der Waals surface area (Å²) in [6, 6.07) is 2.04. The average molecular weight is 295 g/mol. The minimum atomic E-state index is -0.0392. The number of rotatable bonds is 4. The number of nitrogens with two attached hydrogens (primary N) is 1. The third kappa shape index (κ3) is 6.69. The van der Waals surface area contributed by atoms with E-state index in [1.165, 1.54) is 5.56 Å². The highest BCUT2D eigenvalue weighted by Gasteiger charge is 2.20. The van der Waals surface area contributed by atoms with E-state index in [4.69, 9.17) is 11.0 Å². The monoisotopic (exact) mass is 295 g/mol. The van der Waals surface area contributed by atoms with E-state index in [-0.39, 0.29) is 11.9 Å². The summed E-state index contributed by atoms with van der Waals surface area (Å²) in [5, 5.41) is 10.6. The van der Waals surface area contributed by atoms with Crippen molar-refractivity contribution in [2.75, 3.05) is 13.1 Å². The molecule has 0 aromatic carbocycles. The van der Waals surface area contributed by atoms with Crippen LogP contribution in [0.5, 0.6) is 0 Å². The predicted octanol–water partition coefficient (Wildman–Crippen LogP) is 2.80. The first kappa shape index (κ1) is 18.6. The van der Waals surface area contributed by atoms with Crippen molar-refractivity contribution < 1.29 is 4.79 Å². The van der Waals surface area contributed by atoms with Crippen LogP contribution in [-0.4, -0.2) is 29.9 Å². The maximum Gasteiger partial charge on any atom is 0.224 e. The topological polar surface area (TPSA) is 70.1 Å². The van der Waals surface area contributed by atoms with Crippen molar-refractivity contribution in [2.45, 2.75) is 45.6 Å². The second-order valence-electron chi connectivity index (χ2n) is 4.39. The van der Waals surface area contributed by atoms with Crippen LogP contribution < -0.4 is 5.73 Å². The highest BCUT2D eigenvalue weighted by Crippen LogP contribution is 2.12. The van der Waals surface area contributed by atoms with Gasteiger partial charge in [0.25, 0.3) is 0 Å². The summed E-state index contributed by atoms with van der Waals surface area (Å²) in [6.07, 6.45) is 3.58. The number of carbonyl (C=O) groups is 1. The number of hydrogen-bond donors (Lipinski definition) is 1. The summed E-state index contributed by atoms with van der Waals surface area (Å²) in [4.78, 5) is 13.8. The van der Waals surface area contributed by atoms with Crippen LogP contribution in [0.1, 0.15) is 38.7 Å². The van der Waals surface area contributed by atoms with E-state index >= 15 is 0 Å². The molecular formula is C15H25N3OS. The van der Waals surface area contributed by atoms with Gasteiger partial charge in [-0.3, -0.25) is 4.79 Å². The van der Waals surface area contributed by atoms with Gasteiger partial charge in [-0.1, -0.05) is 13.8 Å². The first-order chi connectivity index (χ1) is 9.75. The fraction of sp³-hybridized carbons (Fsp3) is 0.600. The number of carbonyl (C=O) groups excluding carboxylic acids is 1. The summed E-state index contributed by atoms with van der Waals surface area (Å²) in [5.41, 5.74) is 7.23. The molecule has 1 aromatic rings. The van der Waals surface area contributed by atoms with Gasteiger partial charge in [0.1, 0.15) is 0 Å². The molecule has 0 bridgehead atoms. The number of nitrogens with zero attached hydrogens (tertiary/aromatic N) is 2. The van der Waals surface area contributed by atoms with Crippen molar-refractivity contribution in [3.63, 3.8) is 0 Å². The van der Waals surface area contributed by atoms with E-state index in [0.29, 0.717) is 6.42 Å². The van der Waals surface area contributed by atoms with Crippen molar-refractivity contribution >= 4 is 17.2 Å². The molecule has 1 amide bonds. The predicted molar refractivity (Wildman–Crippen MR) is 84.4 cm³/mol. The minimum absolute atomic E-state index is 0.0392. The van der Waals surface area contributed by atoms with Gasteiger partial charge in [-0.15, -0.1) is 0 Å². The largest absolute Gasteiger partial charge is 0.343 e. The Balaban J connectivity index is 0.000000829. The van der Waals surface area contributed by atoms with Crippen LogP contribution in [0.4, 0.5) is 0 Å². The van der Waals surface area contributed by atoms with E-state index in [1.54, 1.807) is 11.3 Å². The number of hydrogen-bond acceptors (Lipinski definition) is 4. The highest BCUT2D eigenvalue weighted by atomic mass is 32.1. The lowest BCUT2D eigenvalue weighted by Crippen LogP contribution is -2.34. The van der Waals surface area contributed by atoms with Crippen LogP contribution in [0.15, 0.2) is 16.8 Å². The summed E-state index contributed by atoms with van der Waals surface area (Å²) in [5.74, 6) is 0.222. The molecule has 0 radical (unpaired) electrons. The van der Waals surface area contributed by atoms with Crippen LogP contribution in [-0.2, 0) is 11.2 Å². The molecule has 1 fully saturated rings. The number of likely N-dealkylation sites (tertiary alicyclic amines) is 1. The van der Waals surface area contributed by atoms with E-state index in [1.807, 2.05) is 24.1 Å². The first-order valence-corrected chi connectivity index (χ1v) is 8.00. The highest BCUT2D eigenvalue weighted by molar-refractivity contribution is 7.07. The molecule has 4 nitrogen and oxygen atoms in total. The number of amides is 1. The van der Waals surface area contributed by atoms with E-state index < -0.39 is 0 Å². The van der Waals surface area contributed by atoms with E-state index in [0.717, 1.165) is 32.4 Å². The zero-order valence-corrected chi connectivity index (χ0v) is 13.2. The molecular weight excluding hydrogens is 270 g/mol. The Morgan fingerprint density at radius 3 is 2.55 bits per heavy atom. The van der Waals surface area contributed by atoms with Crippen molar-refractivity contribution in [3.05, 3.63) is 22.4 Å². The van der Waals surface area contributed by atoms with Gasteiger partial charge in [0.05, 0.1) is 0 Å². The Hall–Kier alpha value is -1.38. The lowest BCUT2D eigenvalue weighted by atomic mass is 10.1. The molecule has 5 heteroatoms. The summed E-state index contributed by atoms with van der Waals surface area (Å²) in [6.45, 7) is 9.34. The molecule has 0 saturated carbocycles. The van der Waals surface area contributed by atoms with Gasteiger partial charge in [-0.25, -0.2) is 5.26 Å². The molecule has 2 rings (SSSR count). The van der Waals surface area contributed by atoms with Gasteiger partial charge in [-0.05, 0) is 41.7 Å². The molecule has 1 atom stereocenters. The molecule has 1 aromatic heterocycles. The third-order valence-electron chi connectivity index (χ3n) is 2.97. The smallest absolute Gasteiger partial charge is 0.224 e. The Labute approximate surface area is 126 Å². The Morgan fingerprint density at radius 2 is 2.05 bits per heavy atom. The molecule has 0 aliphatic carbocycles. The maximum atomic E-state index is 11.8. The van der Waals surface area contributed by atoms with Gasteiger partial charge in [0.2, 0.25) is 5.91 Å². The van der Waals surface area contributed by atoms with E-state index in [2.05, 4.69) is 18.0 Å².